The van der Waals surface area contributed by atoms with Gasteiger partial charge < -0.3 is 9.57 Å². The highest BCUT2D eigenvalue weighted by Gasteiger charge is 2.40. The maximum absolute atomic E-state index is 12.7. The van der Waals surface area contributed by atoms with E-state index in [2.05, 4.69) is 16.7 Å². The van der Waals surface area contributed by atoms with E-state index < -0.39 is 11.8 Å². The SMILES string of the molecule is C=CCO/N=C\C1=C(C)N=C(C)C(C(=O)OCC)C1c1cccc(Cl)c1Cl. The van der Waals surface area contributed by atoms with Crippen LogP contribution in [-0.4, -0.2) is 31.1 Å². The van der Waals surface area contributed by atoms with E-state index in [1.807, 2.05) is 13.0 Å². The average Bonchev–Trinajstić information content (AvgIpc) is 2.62. The largest absolute Gasteiger partial charge is 0.465 e. The standard InChI is InChI=1S/C20H22Cl2N2O3/c1-5-10-27-23-11-15-12(3)24-13(4)17(20(25)26-6-2)18(15)14-8-7-9-16(21)19(14)22/h5,7-9,11,17-18H,1,6,10H2,2-4H3/b23-11-. The van der Waals surface area contributed by atoms with Gasteiger partial charge in [-0.1, -0.05) is 53.1 Å². The molecule has 0 aromatic heterocycles. The molecule has 1 heterocycles. The Morgan fingerprint density at radius 1 is 1.37 bits per heavy atom. The number of allylic oxidation sites excluding steroid dienone is 2. The van der Waals surface area contributed by atoms with Crippen LogP contribution in [0.3, 0.4) is 0 Å². The monoisotopic (exact) mass is 408 g/mol. The van der Waals surface area contributed by atoms with Gasteiger partial charge in [0.15, 0.2) is 0 Å². The molecule has 2 atom stereocenters. The summed E-state index contributed by atoms with van der Waals surface area (Å²) in [5, 5.41) is 4.78. The second-order valence-corrected chi connectivity index (χ2v) is 6.75. The minimum atomic E-state index is -0.634. The van der Waals surface area contributed by atoms with Crippen LogP contribution in [0.1, 0.15) is 32.3 Å². The summed E-state index contributed by atoms with van der Waals surface area (Å²) in [7, 11) is 0. The molecule has 1 aromatic carbocycles. The normalized spacial score (nSPS) is 19.8. The lowest BCUT2D eigenvalue weighted by Gasteiger charge is -2.31. The van der Waals surface area contributed by atoms with E-state index in [-0.39, 0.29) is 19.2 Å². The molecule has 1 aromatic rings. The zero-order valence-corrected chi connectivity index (χ0v) is 17.0. The number of ether oxygens (including phenoxy) is 1. The molecule has 27 heavy (non-hydrogen) atoms. The Balaban J connectivity index is 2.60. The molecule has 1 aliphatic heterocycles. The maximum atomic E-state index is 12.7. The third-order valence-corrected chi connectivity index (χ3v) is 5.03. The van der Waals surface area contributed by atoms with E-state index in [9.17, 15) is 4.79 Å². The Labute approximate surface area is 169 Å². The first-order valence-corrected chi connectivity index (χ1v) is 9.30. The fraction of sp³-hybridized carbons (Fsp3) is 0.350. The van der Waals surface area contributed by atoms with Crippen molar-refractivity contribution in [2.45, 2.75) is 26.7 Å². The Hall–Kier alpha value is -2.11. The van der Waals surface area contributed by atoms with Gasteiger partial charge in [0.1, 0.15) is 12.5 Å². The van der Waals surface area contributed by atoms with Crippen molar-refractivity contribution in [2.24, 2.45) is 16.1 Å². The van der Waals surface area contributed by atoms with Gasteiger partial charge in [0, 0.05) is 22.9 Å². The number of oxime groups is 1. The van der Waals surface area contributed by atoms with E-state index in [4.69, 9.17) is 32.8 Å². The van der Waals surface area contributed by atoms with E-state index in [1.54, 1.807) is 38.3 Å². The minimum absolute atomic E-state index is 0.271. The lowest BCUT2D eigenvalue weighted by atomic mass is 9.76. The first-order chi connectivity index (χ1) is 12.9. The molecule has 0 amide bonds. The molecule has 0 bridgehead atoms. The molecule has 0 saturated carbocycles. The van der Waals surface area contributed by atoms with Crippen molar-refractivity contribution in [1.82, 2.24) is 0 Å². The van der Waals surface area contributed by atoms with Crippen LogP contribution in [0, 0.1) is 5.92 Å². The minimum Gasteiger partial charge on any atom is -0.465 e. The summed E-state index contributed by atoms with van der Waals surface area (Å²) >= 11 is 12.7. The van der Waals surface area contributed by atoms with E-state index >= 15 is 0 Å². The van der Waals surface area contributed by atoms with Crippen LogP contribution in [0.5, 0.6) is 0 Å². The summed E-state index contributed by atoms with van der Waals surface area (Å²) in [6.45, 7) is 9.55. The highest BCUT2D eigenvalue weighted by molar-refractivity contribution is 6.42. The Bertz CT molecular complexity index is 815. The predicted octanol–water partition coefficient (Wildman–Crippen LogP) is 5.19. The zero-order chi connectivity index (χ0) is 20.0. The second kappa shape index (κ2) is 9.72. The van der Waals surface area contributed by atoms with Gasteiger partial charge in [0.25, 0.3) is 0 Å². The number of carbonyl (C=O) groups is 1. The molecule has 0 spiro atoms. The lowest BCUT2D eigenvalue weighted by Crippen LogP contribution is -2.34. The van der Waals surface area contributed by atoms with Gasteiger partial charge in [-0.05, 0) is 32.4 Å². The number of halogens is 2. The number of aliphatic imine (C=N–C) groups is 1. The molecule has 7 heteroatoms. The first kappa shape index (κ1) is 21.2. The summed E-state index contributed by atoms with van der Waals surface area (Å²) in [6.07, 6.45) is 3.15. The van der Waals surface area contributed by atoms with Crippen molar-refractivity contribution in [3.8, 4) is 0 Å². The summed E-state index contributed by atoms with van der Waals surface area (Å²) in [4.78, 5) is 22.4. The van der Waals surface area contributed by atoms with Gasteiger partial charge in [-0.3, -0.25) is 9.79 Å². The predicted molar refractivity (Wildman–Crippen MR) is 110 cm³/mol. The lowest BCUT2D eigenvalue weighted by molar-refractivity contribution is -0.146. The molecular formula is C20H22Cl2N2O3. The van der Waals surface area contributed by atoms with Crippen LogP contribution in [0.2, 0.25) is 10.0 Å². The number of hydrogen-bond donors (Lipinski definition) is 0. The number of nitrogens with zero attached hydrogens (tertiary/aromatic N) is 2. The van der Waals surface area contributed by atoms with Crippen molar-refractivity contribution in [3.63, 3.8) is 0 Å². The quantitative estimate of drug-likeness (QED) is 0.205. The van der Waals surface area contributed by atoms with Crippen molar-refractivity contribution in [3.05, 3.63) is 57.7 Å². The summed E-state index contributed by atoms with van der Waals surface area (Å²) in [5.74, 6) is -1.44. The summed E-state index contributed by atoms with van der Waals surface area (Å²) < 4.78 is 5.29. The van der Waals surface area contributed by atoms with Crippen molar-refractivity contribution >= 4 is 41.1 Å². The fourth-order valence-electron chi connectivity index (χ4n) is 3.05. The van der Waals surface area contributed by atoms with E-state index in [1.165, 1.54) is 0 Å². The van der Waals surface area contributed by atoms with Crippen molar-refractivity contribution in [1.29, 1.82) is 0 Å². The highest BCUT2D eigenvalue weighted by atomic mass is 35.5. The Kier molecular flexibility index (Phi) is 7.63. The molecule has 0 saturated heterocycles. The van der Waals surface area contributed by atoms with Gasteiger partial charge in [-0.2, -0.15) is 0 Å². The molecule has 2 rings (SSSR count). The third kappa shape index (κ3) is 4.79. The molecule has 0 fully saturated rings. The van der Waals surface area contributed by atoms with Crippen LogP contribution < -0.4 is 0 Å². The van der Waals surface area contributed by atoms with E-state index in [0.717, 1.165) is 5.70 Å². The van der Waals surface area contributed by atoms with Gasteiger partial charge in [0.2, 0.25) is 0 Å². The maximum Gasteiger partial charge on any atom is 0.315 e. The summed E-state index contributed by atoms with van der Waals surface area (Å²) in [6, 6.07) is 5.34. The van der Waals surface area contributed by atoms with Gasteiger partial charge in [-0.15, -0.1) is 0 Å². The van der Waals surface area contributed by atoms with Crippen molar-refractivity contribution < 1.29 is 14.4 Å². The molecule has 0 N–H and O–H groups in total. The highest BCUT2D eigenvalue weighted by Crippen LogP contribution is 2.43. The molecular weight excluding hydrogens is 387 g/mol. The number of carbonyl (C=O) groups excluding carboxylic acids is 1. The molecule has 0 radical (unpaired) electrons. The molecule has 2 unspecified atom stereocenters. The summed E-state index contributed by atoms with van der Waals surface area (Å²) in [5.41, 5.74) is 2.80. The Morgan fingerprint density at radius 3 is 2.78 bits per heavy atom. The van der Waals surface area contributed by atoms with Gasteiger partial charge in [0.05, 0.1) is 22.9 Å². The number of esters is 1. The van der Waals surface area contributed by atoms with Crippen LogP contribution >= 0.6 is 23.2 Å². The first-order valence-electron chi connectivity index (χ1n) is 8.55. The second-order valence-electron chi connectivity index (χ2n) is 5.96. The molecule has 1 aliphatic rings. The molecule has 5 nitrogen and oxygen atoms in total. The molecule has 144 valence electrons. The van der Waals surface area contributed by atoms with Crippen LogP contribution in [0.25, 0.3) is 0 Å². The van der Waals surface area contributed by atoms with Gasteiger partial charge in [-0.25, -0.2) is 0 Å². The van der Waals surface area contributed by atoms with Crippen LogP contribution in [-0.2, 0) is 14.4 Å². The zero-order valence-electron chi connectivity index (χ0n) is 15.5. The fourth-order valence-corrected chi connectivity index (χ4v) is 3.48. The van der Waals surface area contributed by atoms with Gasteiger partial charge >= 0.3 is 5.97 Å². The molecule has 0 aliphatic carbocycles. The topological polar surface area (TPSA) is 60.2 Å². The third-order valence-electron chi connectivity index (χ3n) is 4.20. The van der Waals surface area contributed by atoms with Crippen LogP contribution in [0.4, 0.5) is 0 Å². The number of rotatable bonds is 7. The van der Waals surface area contributed by atoms with Crippen molar-refractivity contribution in [2.75, 3.05) is 13.2 Å². The number of hydrogen-bond acceptors (Lipinski definition) is 5. The smallest absolute Gasteiger partial charge is 0.315 e. The van der Waals surface area contributed by atoms with Crippen LogP contribution in [0.15, 0.2) is 52.3 Å². The average molecular weight is 409 g/mol. The Morgan fingerprint density at radius 2 is 2.11 bits per heavy atom. The van der Waals surface area contributed by atoms with E-state index in [0.29, 0.717) is 26.9 Å². The number of benzene rings is 1.